The van der Waals surface area contributed by atoms with Crippen LogP contribution in [0.3, 0.4) is 0 Å². The van der Waals surface area contributed by atoms with E-state index in [1.165, 1.54) is 4.68 Å². The Bertz CT molecular complexity index is 715. The third kappa shape index (κ3) is 2.90. The molecule has 5 nitrogen and oxygen atoms in total. The Labute approximate surface area is 128 Å². The number of hydrogen-bond donors (Lipinski definition) is 2. The molecule has 0 aliphatic carbocycles. The van der Waals surface area contributed by atoms with E-state index in [4.69, 9.17) is 5.73 Å². The van der Waals surface area contributed by atoms with Crippen molar-refractivity contribution in [3.63, 3.8) is 0 Å². The van der Waals surface area contributed by atoms with Crippen molar-refractivity contribution in [1.29, 1.82) is 0 Å². The number of nitrogens with zero attached hydrogens (tertiary/aromatic N) is 2. The molecule has 0 saturated carbocycles. The average Bonchev–Trinajstić information content (AvgIpc) is 2.70. The summed E-state index contributed by atoms with van der Waals surface area (Å²) in [4.78, 5) is 12.2. The van der Waals surface area contributed by atoms with Crippen molar-refractivity contribution in [2.45, 2.75) is 13.3 Å². The zero-order chi connectivity index (χ0) is 15.7. The molecule has 1 heterocycles. The Kier molecular flexibility index (Phi) is 4.26. The van der Waals surface area contributed by atoms with Crippen LogP contribution in [0, 0.1) is 11.6 Å². The van der Waals surface area contributed by atoms with E-state index in [9.17, 15) is 13.6 Å². The van der Waals surface area contributed by atoms with E-state index in [0.29, 0.717) is 12.1 Å². The maximum Gasteiger partial charge on any atom is 0.276 e. The first-order valence-corrected chi connectivity index (χ1v) is 6.91. The van der Waals surface area contributed by atoms with E-state index in [0.717, 1.165) is 12.1 Å². The zero-order valence-electron chi connectivity index (χ0n) is 11.4. The first-order valence-electron chi connectivity index (χ1n) is 6.12. The Hall–Kier alpha value is -1.96. The average molecular weight is 359 g/mol. The molecule has 2 rings (SSSR count). The summed E-state index contributed by atoms with van der Waals surface area (Å²) in [5.41, 5.74) is 6.49. The quantitative estimate of drug-likeness (QED) is 0.828. The maximum atomic E-state index is 13.7. The number of benzene rings is 1. The van der Waals surface area contributed by atoms with Crippen molar-refractivity contribution in [1.82, 2.24) is 9.78 Å². The standard InChI is InChI=1S/C13H13BrF2N4O/c1-3-9-11(17)12(20(2)19-9)13(21)18-10-5-7(15)6(14)4-8(10)16/h4-5H,3,17H2,1-2H3,(H,18,21). The minimum atomic E-state index is -0.756. The summed E-state index contributed by atoms with van der Waals surface area (Å²) in [6.07, 6.45) is 0.564. The number of aryl methyl sites for hydroxylation is 2. The fraction of sp³-hybridized carbons (Fsp3) is 0.231. The molecule has 0 fully saturated rings. The number of aromatic nitrogens is 2. The Morgan fingerprint density at radius 1 is 1.43 bits per heavy atom. The summed E-state index contributed by atoms with van der Waals surface area (Å²) in [6.45, 7) is 1.85. The summed E-state index contributed by atoms with van der Waals surface area (Å²) in [6, 6.07) is 1.83. The molecule has 2 aromatic rings. The molecule has 0 saturated heterocycles. The third-order valence-electron chi connectivity index (χ3n) is 2.97. The Morgan fingerprint density at radius 2 is 2.10 bits per heavy atom. The zero-order valence-corrected chi connectivity index (χ0v) is 13.0. The molecule has 1 aromatic heterocycles. The van der Waals surface area contributed by atoms with E-state index in [2.05, 4.69) is 26.3 Å². The Balaban J connectivity index is 2.35. The molecular weight excluding hydrogens is 346 g/mol. The lowest BCUT2D eigenvalue weighted by Crippen LogP contribution is -2.18. The lowest BCUT2D eigenvalue weighted by Gasteiger charge is -2.08. The van der Waals surface area contributed by atoms with Gasteiger partial charge in [0.25, 0.3) is 5.91 Å². The van der Waals surface area contributed by atoms with Crippen LogP contribution < -0.4 is 11.1 Å². The highest BCUT2D eigenvalue weighted by Gasteiger charge is 2.20. The summed E-state index contributed by atoms with van der Waals surface area (Å²) >= 11 is 2.87. The molecule has 0 spiro atoms. The monoisotopic (exact) mass is 358 g/mol. The number of nitrogens with two attached hydrogens (primary N) is 1. The van der Waals surface area contributed by atoms with Gasteiger partial charge in [0, 0.05) is 13.1 Å². The van der Waals surface area contributed by atoms with E-state index in [1.807, 2.05) is 6.92 Å². The van der Waals surface area contributed by atoms with Crippen LogP contribution in [0.1, 0.15) is 23.1 Å². The molecule has 0 bridgehead atoms. The molecule has 0 aliphatic rings. The van der Waals surface area contributed by atoms with Gasteiger partial charge in [-0.05, 0) is 28.4 Å². The first kappa shape index (κ1) is 15.4. The molecule has 1 aromatic carbocycles. The lowest BCUT2D eigenvalue weighted by molar-refractivity contribution is 0.101. The number of carbonyl (C=O) groups excluding carboxylic acids is 1. The van der Waals surface area contributed by atoms with E-state index >= 15 is 0 Å². The van der Waals surface area contributed by atoms with Crippen molar-refractivity contribution in [2.24, 2.45) is 7.05 Å². The summed E-state index contributed by atoms with van der Waals surface area (Å²) < 4.78 is 28.4. The molecule has 112 valence electrons. The highest BCUT2D eigenvalue weighted by molar-refractivity contribution is 9.10. The van der Waals surface area contributed by atoms with Crippen LogP contribution in [-0.4, -0.2) is 15.7 Å². The van der Waals surface area contributed by atoms with Gasteiger partial charge in [-0.25, -0.2) is 8.78 Å². The van der Waals surface area contributed by atoms with Gasteiger partial charge in [0.1, 0.15) is 17.3 Å². The Morgan fingerprint density at radius 3 is 2.67 bits per heavy atom. The van der Waals surface area contributed by atoms with E-state index < -0.39 is 17.5 Å². The van der Waals surface area contributed by atoms with E-state index in [-0.39, 0.29) is 21.5 Å². The van der Waals surface area contributed by atoms with Crippen LogP contribution in [0.5, 0.6) is 0 Å². The van der Waals surface area contributed by atoms with Crippen LogP contribution in [0.2, 0.25) is 0 Å². The third-order valence-corrected chi connectivity index (χ3v) is 3.58. The number of nitrogens with one attached hydrogen (secondary N) is 1. The van der Waals surface area contributed by atoms with Gasteiger partial charge in [0.15, 0.2) is 0 Å². The molecular formula is C13H13BrF2N4O. The van der Waals surface area contributed by atoms with Crippen LogP contribution in [0.4, 0.5) is 20.2 Å². The number of nitrogen functional groups attached to an aromatic ring is 1. The molecule has 21 heavy (non-hydrogen) atoms. The predicted molar refractivity (Wildman–Crippen MR) is 79.0 cm³/mol. The van der Waals surface area contributed by atoms with Gasteiger partial charge in [-0.2, -0.15) is 5.10 Å². The van der Waals surface area contributed by atoms with Gasteiger partial charge < -0.3 is 11.1 Å². The fourth-order valence-electron chi connectivity index (χ4n) is 1.93. The lowest BCUT2D eigenvalue weighted by atomic mass is 10.2. The minimum Gasteiger partial charge on any atom is -0.395 e. The maximum absolute atomic E-state index is 13.7. The van der Waals surface area contributed by atoms with Crippen LogP contribution in [-0.2, 0) is 13.5 Å². The summed E-state index contributed by atoms with van der Waals surface area (Å²) in [7, 11) is 1.56. The smallest absolute Gasteiger partial charge is 0.276 e. The number of amides is 1. The molecule has 0 radical (unpaired) electrons. The van der Waals surface area contributed by atoms with Crippen LogP contribution >= 0.6 is 15.9 Å². The molecule has 0 aliphatic heterocycles. The van der Waals surface area contributed by atoms with Crippen molar-refractivity contribution in [3.05, 3.63) is 39.6 Å². The number of anilines is 2. The van der Waals surface area contributed by atoms with Crippen LogP contribution in [0.25, 0.3) is 0 Å². The van der Waals surface area contributed by atoms with Crippen molar-refractivity contribution < 1.29 is 13.6 Å². The highest BCUT2D eigenvalue weighted by atomic mass is 79.9. The van der Waals surface area contributed by atoms with Crippen molar-refractivity contribution >= 4 is 33.2 Å². The first-order chi connectivity index (χ1) is 9.85. The molecule has 0 unspecified atom stereocenters. The number of carbonyl (C=O) groups is 1. The van der Waals surface area contributed by atoms with Gasteiger partial charge in [-0.1, -0.05) is 6.92 Å². The number of hydrogen-bond acceptors (Lipinski definition) is 3. The second kappa shape index (κ2) is 5.80. The second-order valence-corrected chi connectivity index (χ2v) is 5.24. The van der Waals surface area contributed by atoms with Gasteiger partial charge >= 0.3 is 0 Å². The van der Waals surface area contributed by atoms with E-state index in [1.54, 1.807) is 7.05 Å². The second-order valence-electron chi connectivity index (χ2n) is 4.39. The summed E-state index contributed by atoms with van der Waals surface area (Å²) in [5, 5.41) is 6.40. The molecule has 8 heteroatoms. The molecule has 3 N–H and O–H groups in total. The van der Waals surface area contributed by atoms with Gasteiger partial charge in [-0.3, -0.25) is 9.48 Å². The predicted octanol–water partition coefficient (Wildman–Crippen LogP) is 2.86. The molecule has 1 amide bonds. The highest BCUT2D eigenvalue weighted by Crippen LogP contribution is 2.25. The van der Waals surface area contributed by atoms with Gasteiger partial charge in [-0.15, -0.1) is 0 Å². The fourth-order valence-corrected chi connectivity index (χ4v) is 2.24. The van der Waals surface area contributed by atoms with Crippen molar-refractivity contribution in [2.75, 3.05) is 11.1 Å². The normalized spacial score (nSPS) is 10.7. The topological polar surface area (TPSA) is 72.9 Å². The molecule has 0 atom stereocenters. The largest absolute Gasteiger partial charge is 0.395 e. The summed E-state index contributed by atoms with van der Waals surface area (Å²) in [5.74, 6) is -2.09. The minimum absolute atomic E-state index is 0.0219. The number of halogens is 3. The van der Waals surface area contributed by atoms with Crippen LogP contribution in [0.15, 0.2) is 16.6 Å². The van der Waals surface area contributed by atoms with Crippen molar-refractivity contribution in [3.8, 4) is 0 Å². The number of rotatable bonds is 3. The van der Waals surface area contributed by atoms with Gasteiger partial charge in [0.2, 0.25) is 0 Å². The van der Waals surface area contributed by atoms with Gasteiger partial charge in [0.05, 0.1) is 21.5 Å². The SMILES string of the molecule is CCc1nn(C)c(C(=O)Nc2cc(F)c(Br)cc2F)c1N.